The molecule has 0 unspecified atom stereocenters. The summed E-state index contributed by atoms with van der Waals surface area (Å²) < 4.78 is 0. The fraction of sp³-hybridized carbons (Fsp3) is 0.528. The first-order valence-electron chi connectivity index (χ1n) is 14.4. The molecule has 3 aromatic carbocycles. The normalized spacial score (nSPS) is 25.7. The number of fused-ring (bicyclic) bond motifs is 3. The van der Waals surface area contributed by atoms with Crippen molar-refractivity contribution >= 4 is 0 Å². The van der Waals surface area contributed by atoms with Gasteiger partial charge >= 0.3 is 26.2 Å². The zero-order chi connectivity index (χ0) is 25.3. The minimum Gasteiger partial charge on any atom is -1.00 e. The van der Waals surface area contributed by atoms with Gasteiger partial charge in [0.2, 0.25) is 0 Å². The first-order chi connectivity index (χ1) is 17.0. The Morgan fingerprint density at radius 3 is 1.87 bits per heavy atom. The third-order valence-electron chi connectivity index (χ3n) is 9.78. The second kappa shape index (κ2) is 11.9. The van der Waals surface area contributed by atoms with Crippen LogP contribution in [0, 0.1) is 23.8 Å². The summed E-state index contributed by atoms with van der Waals surface area (Å²) in [5.74, 6) is 3.23. The number of hydrogen-bond acceptors (Lipinski definition) is 0. The first kappa shape index (κ1) is 32.8. The Kier molecular flexibility index (Phi) is 9.96. The Hall–Kier alpha value is -0.747. The van der Waals surface area contributed by atoms with Gasteiger partial charge in [-0.15, -0.1) is 11.1 Å². The Bertz CT molecular complexity index is 1160. The van der Waals surface area contributed by atoms with E-state index >= 15 is 0 Å². The van der Waals surface area contributed by atoms with E-state index in [2.05, 4.69) is 102 Å². The maximum absolute atomic E-state index is 3.67. The van der Waals surface area contributed by atoms with Gasteiger partial charge in [0.1, 0.15) is 0 Å². The third-order valence-corrected chi connectivity index (χ3v) is 9.78. The molecule has 5 aliphatic carbocycles. The summed E-state index contributed by atoms with van der Waals surface area (Å²) in [7, 11) is 0. The molecule has 0 N–H and O–H groups in total. The molecule has 0 radical (unpaired) electrons. The van der Waals surface area contributed by atoms with Gasteiger partial charge in [0.05, 0.1) is 0 Å². The Balaban J connectivity index is 0.000000208. The Labute approximate surface area is 269 Å². The number of hydrogen-bond donors (Lipinski definition) is 0. The molecule has 0 atom stereocenters. The van der Waals surface area contributed by atoms with Crippen molar-refractivity contribution in [1.82, 2.24) is 0 Å². The Morgan fingerprint density at radius 1 is 0.769 bits per heavy atom. The predicted octanol–water partition coefficient (Wildman–Crippen LogP) is 3.53. The molecule has 39 heavy (non-hydrogen) atoms. The van der Waals surface area contributed by atoms with Gasteiger partial charge in [-0.1, -0.05) is 90.0 Å². The van der Waals surface area contributed by atoms with E-state index in [9.17, 15) is 0 Å². The van der Waals surface area contributed by atoms with Crippen molar-refractivity contribution in [2.75, 3.05) is 0 Å². The van der Waals surface area contributed by atoms with Crippen LogP contribution in [-0.4, -0.2) is 0 Å². The average molecular weight is 639 g/mol. The number of halogens is 2. The molecule has 3 aromatic rings. The van der Waals surface area contributed by atoms with Crippen LogP contribution in [0.15, 0.2) is 54.6 Å². The average Bonchev–Trinajstić information content (AvgIpc) is 3.45. The van der Waals surface area contributed by atoms with Crippen LogP contribution in [0.3, 0.4) is 0 Å². The first-order valence-corrected chi connectivity index (χ1v) is 14.4. The van der Waals surface area contributed by atoms with Crippen LogP contribution in [0.2, 0.25) is 0 Å². The second-order valence-corrected chi connectivity index (χ2v) is 14.7. The van der Waals surface area contributed by atoms with E-state index < -0.39 is 0 Å². The summed E-state index contributed by atoms with van der Waals surface area (Å²) in [6, 6.07) is 24.4. The summed E-state index contributed by atoms with van der Waals surface area (Å²) in [5.41, 5.74) is 11.0. The molecule has 206 valence electrons. The van der Waals surface area contributed by atoms with Crippen LogP contribution in [0.5, 0.6) is 0 Å². The molecule has 0 aromatic heterocycles. The van der Waals surface area contributed by atoms with Crippen LogP contribution in [-0.2, 0) is 48.9 Å². The SMILES string of the molecule is CC(C)(C)c1[c-]c2c(cc1)-c1ccc(C(C)(C)C)cc1C2.[Cl-].[Cl-].[Zr+4].c1cc(C23CC4CC(CC(C4)C2)C3)c[cH-]1. The van der Waals surface area contributed by atoms with E-state index in [0.29, 0.717) is 5.41 Å². The number of benzene rings is 2. The molecule has 0 nitrogen and oxygen atoms in total. The largest absolute Gasteiger partial charge is 4.00 e. The van der Waals surface area contributed by atoms with E-state index in [0.717, 1.165) is 24.2 Å². The zero-order valence-electron chi connectivity index (χ0n) is 24.6. The van der Waals surface area contributed by atoms with E-state index in [1.807, 2.05) is 0 Å². The molecule has 8 rings (SSSR count). The minimum atomic E-state index is 0. The molecule has 4 bridgehead atoms. The van der Waals surface area contributed by atoms with Crippen LogP contribution < -0.4 is 24.8 Å². The van der Waals surface area contributed by atoms with E-state index in [-0.39, 0.29) is 61.8 Å². The van der Waals surface area contributed by atoms with Gasteiger partial charge in [-0.3, -0.25) is 0 Å². The molecular formula is C36H44Cl2Zr. The molecule has 0 spiro atoms. The molecular weight excluding hydrogens is 595 g/mol. The fourth-order valence-electron chi connectivity index (χ4n) is 8.22. The monoisotopic (exact) mass is 636 g/mol. The topological polar surface area (TPSA) is 0 Å². The van der Waals surface area contributed by atoms with Gasteiger partial charge < -0.3 is 24.8 Å². The van der Waals surface area contributed by atoms with Crippen molar-refractivity contribution in [2.45, 2.75) is 103 Å². The van der Waals surface area contributed by atoms with Gasteiger partial charge in [0.25, 0.3) is 0 Å². The van der Waals surface area contributed by atoms with Crippen LogP contribution >= 0.6 is 0 Å². The van der Waals surface area contributed by atoms with Crippen molar-refractivity contribution in [3.63, 3.8) is 0 Å². The second-order valence-electron chi connectivity index (χ2n) is 14.7. The van der Waals surface area contributed by atoms with Crippen molar-refractivity contribution in [3.8, 4) is 11.1 Å². The van der Waals surface area contributed by atoms with Gasteiger partial charge in [-0.2, -0.15) is 47.5 Å². The standard InChI is InChI=1S/C21H25.C15H19.2ClH.Zr/c1-20(2,3)16-7-9-18-14(12-16)11-15-13-17(21(4,5)6)8-10-19(15)18;1-2-4-14(3-1)15-8-11-5-12(9-15)7-13(6-11)10-15;;;/h7-10,12H,11H2,1-6H3;1-4,11-13H,5-10H2;2*1H;/q2*-1;;;+4/p-2. The van der Waals surface area contributed by atoms with E-state index in [1.165, 1.54) is 52.6 Å². The van der Waals surface area contributed by atoms with Crippen LogP contribution in [0.25, 0.3) is 11.1 Å². The molecule has 3 heteroatoms. The molecule has 0 amide bonds. The quantitative estimate of drug-likeness (QED) is 0.280. The molecule has 0 aliphatic heterocycles. The summed E-state index contributed by atoms with van der Waals surface area (Å²) >= 11 is 0. The zero-order valence-corrected chi connectivity index (χ0v) is 28.6. The molecule has 4 fully saturated rings. The third kappa shape index (κ3) is 6.37. The summed E-state index contributed by atoms with van der Waals surface area (Å²) in [5, 5.41) is 0. The van der Waals surface area contributed by atoms with Crippen LogP contribution in [0.1, 0.15) is 108 Å². The van der Waals surface area contributed by atoms with Crippen molar-refractivity contribution in [3.05, 3.63) is 88.5 Å². The van der Waals surface area contributed by atoms with E-state index in [4.69, 9.17) is 0 Å². The fourth-order valence-corrected chi connectivity index (χ4v) is 8.22. The van der Waals surface area contributed by atoms with Crippen LogP contribution in [0.4, 0.5) is 0 Å². The molecule has 0 heterocycles. The number of rotatable bonds is 1. The molecule has 5 aliphatic rings. The van der Waals surface area contributed by atoms with Crippen molar-refractivity contribution in [2.24, 2.45) is 17.8 Å². The van der Waals surface area contributed by atoms with Gasteiger partial charge in [0, 0.05) is 0 Å². The van der Waals surface area contributed by atoms with Gasteiger partial charge in [-0.05, 0) is 65.4 Å². The summed E-state index contributed by atoms with van der Waals surface area (Å²) in [6.45, 7) is 13.6. The summed E-state index contributed by atoms with van der Waals surface area (Å²) in [6.07, 6.45) is 10.2. The molecule has 0 saturated heterocycles. The maximum Gasteiger partial charge on any atom is 4.00 e. The van der Waals surface area contributed by atoms with Gasteiger partial charge in [0.15, 0.2) is 0 Å². The summed E-state index contributed by atoms with van der Waals surface area (Å²) in [4.78, 5) is 0. The van der Waals surface area contributed by atoms with Crippen molar-refractivity contribution in [1.29, 1.82) is 0 Å². The van der Waals surface area contributed by atoms with Gasteiger partial charge in [-0.25, -0.2) is 6.07 Å². The maximum atomic E-state index is 3.67. The minimum absolute atomic E-state index is 0. The molecule has 4 saturated carbocycles. The Morgan fingerprint density at radius 2 is 1.36 bits per heavy atom. The smallest absolute Gasteiger partial charge is 1.00 e. The van der Waals surface area contributed by atoms with E-state index in [1.54, 1.807) is 24.8 Å². The van der Waals surface area contributed by atoms with Crippen molar-refractivity contribution < 1.29 is 51.0 Å². The predicted molar refractivity (Wildman–Crippen MR) is 153 cm³/mol.